The van der Waals surface area contributed by atoms with Crippen molar-refractivity contribution in [1.29, 1.82) is 0 Å². The number of hydrogen-bond acceptors (Lipinski definition) is 5. The Morgan fingerprint density at radius 2 is 2.05 bits per heavy atom. The van der Waals surface area contributed by atoms with Gasteiger partial charge in [0.1, 0.15) is 11.5 Å². The van der Waals surface area contributed by atoms with E-state index in [1.807, 2.05) is 0 Å². The van der Waals surface area contributed by atoms with Gasteiger partial charge in [0, 0.05) is 19.2 Å². The molecule has 0 radical (unpaired) electrons. The maximum absolute atomic E-state index is 11.9. The summed E-state index contributed by atoms with van der Waals surface area (Å²) >= 11 is 0. The molecule has 0 unspecified atom stereocenters. The molecule has 1 amide bonds. The summed E-state index contributed by atoms with van der Waals surface area (Å²) < 4.78 is 10.5. The molecule has 1 aromatic carbocycles. The van der Waals surface area contributed by atoms with Crippen LogP contribution in [0.3, 0.4) is 0 Å². The molecule has 0 aromatic heterocycles. The number of benzene rings is 1. The Morgan fingerprint density at radius 1 is 1.35 bits per heavy atom. The number of nitrogens with zero attached hydrogens (tertiary/aromatic N) is 1. The van der Waals surface area contributed by atoms with Crippen molar-refractivity contribution in [2.24, 2.45) is 0 Å². The summed E-state index contributed by atoms with van der Waals surface area (Å²) in [5, 5.41) is 9.66. The van der Waals surface area contributed by atoms with Crippen LogP contribution in [0, 0.1) is 0 Å². The second-order valence-corrected chi connectivity index (χ2v) is 4.52. The van der Waals surface area contributed by atoms with Crippen molar-refractivity contribution in [2.75, 3.05) is 32.9 Å². The SMILES string of the molecule is CC(=O)c1ccc(OCC(=O)N2CCOCC2)cc1O. The monoisotopic (exact) mass is 279 g/mol. The number of carbonyl (C=O) groups excluding carboxylic acids is 2. The molecule has 1 heterocycles. The number of morpholine rings is 1. The first-order valence-corrected chi connectivity index (χ1v) is 6.40. The lowest BCUT2D eigenvalue weighted by atomic mass is 10.1. The van der Waals surface area contributed by atoms with Crippen LogP contribution in [-0.4, -0.2) is 54.6 Å². The van der Waals surface area contributed by atoms with Gasteiger partial charge in [0.05, 0.1) is 18.8 Å². The Hall–Kier alpha value is -2.08. The van der Waals surface area contributed by atoms with Crippen LogP contribution in [0.4, 0.5) is 0 Å². The lowest BCUT2D eigenvalue weighted by Crippen LogP contribution is -2.42. The number of Topliss-reactive ketones (excluding diaryl/α,β-unsaturated/α-hetero) is 1. The summed E-state index contributed by atoms with van der Waals surface area (Å²) in [4.78, 5) is 24.7. The fourth-order valence-corrected chi connectivity index (χ4v) is 1.95. The van der Waals surface area contributed by atoms with E-state index in [-0.39, 0.29) is 29.6 Å². The van der Waals surface area contributed by atoms with Gasteiger partial charge < -0.3 is 19.5 Å². The number of phenolic OH excluding ortho intramolecular Hbond substituents is 1. The molecule has 1 aliphatic heterocycles. The molecular formula is C14H17NO5. The molecular weight excluding hydrogens is 262 g/mol. The normalized spacial score (nSPS) is 14.9. The Bertz CT molecular complexity index is 508. The van der Waals surface area contributed by atoms with Gasteiger partial charge in [-0.2, -0.15) is 0 Å². The highest BCUT2D eigenvalue weighted by molar-refractivity contribution is 5.96. The van der Waals surface area contributed by atoms with Crippen molar-refractivity contribution in [3.63, 3.8) is 0 Å². The number of carbonyl (C=O) groups is 2. The van der Waals surface area contributed by atoms with E-state index < -0.39 is 0 Å². The summed E-state index contributed by atoms with van der Waals surface area (Å²) in [6, 6.07) is 4.37. The van der Waals surface area contributed by atoms with E-state index in [0.29, 0.717) is 32.1 Å². The second kappa shape index (κ2) is 6.38. The van der Waals surface area contributed by atoms with E-state index in [9.17, 15) is 14.7 Å². The van der Waals surface area contributed by atoms with Gasteiger partial charge in [0.15, 0.2) is 12.4 Å². The highest BCUT2D eigenvalue weighted by Crippen LogP contribution is 2.23. The van der Waals surface area contributed by atoms with Crippen molar-refractivity contribution in [1.82, 2.24) is 4.90 Å². The number of ether oxygens (including phenoxy) is 2. The number of hydrogen-bond donors (Lipinski definition) is 1. The minimum absolute atomic E-state index is 0.0984. The number of phenols is 1. The summed E-state index contributed by atoms with van der Waals surface area (Å²) in [6.07, 6.45) is 0. The maximum atomic E-state index is 11.9. The molecule has 1 aromatic rings. The minimum atomic E-state index is -0.224. The van der Waals surface area contributed by atoms with Gasteiger partial charge in [-0.25, -0.2) is 0 Å². The fraction of sp³-hybridized carbons (Fsp3) is 0.429. The van der Waals surface area contributed by atoms with Gasteiger partial charge >= 0.3 is 0 Å². The molecule has 2 rings (SSSR count). The zero-order valence-corrected chi connectivity index (χ0v) is 11.3. The van der Waals surface area contributed by atoms with E-state index >= 15 is 0 Å². The van der Waals surface area contributed by atoms with Crippen LogP contribution in [-0.2, 0) is 9.53 Å². The lowest BCUT2D eigenvalue weighted by Gasteiger charge is -2.26. The van der Waals surface area contributed by atoms with Crippen LogP contribution in [0.15, 0.2) is 18.2 Å². The molecule has 6 heteroatoms. The fourth-order valence-electron chi connectivity index (χ4n) is 1.95. The van der Waals surface area contributed by atoms with Gasteiger partial charge in [0.2, 0.25) is 0 Å². The number of rotatable bonds is 4. The average molecular weight is 279 g/mol. The second-order valence-electron chi connectivity index (χ2n) is 4.52. The molecule has 6 nitrogen and oxygen atoms in total. The summed E-state index contributed by atoms with van der Waals surface area (Å²) in [5.41, 5.74) is 0.233. The highest BCUT2D eigenvalue weighted by atomic mass is 16.5. The number of aromatic hydroxyl groups is 1. The van der Waals surface area contributed by atoms with Crippen molar-refractivity contribution in [2.45, 2.75) is 6.92 Å². The van der Waals surface area contributed by atoms with Gasteiger partial charge in [-0.3, -0.25) is 9.59 Å². The topological polar surface area (TPSA) is 76.1 Å². The largest absolute Gasteiger partial charge is 0.507 e. The van der Waals surface area contributed by atoms with E-state index in [2.05, 4.69) is 0 Å². The van der Waals surface area contributed by atoms with Crippen molar-refractivity contribution >= 4 is 11.7 Å². The van der Waals surface area contributed by atoms with Crippen LogP contribution in [0.2, 0.25) is 0 Å². The van der Waals surface area contributed by atoms with Gasteiger partial charge in [-0.15, -0.1) is 0 Å². The third kappa shape index (κ3) is 3.48. The molecule has 108 valence electrons. The first-order valence-electron chi connectivity index (χ1n) is 6.40. The van der Waals surface area contributed by atoms with Gasteiger partial charge in [-0.1, -0.05) is 0 Å². The summed E-state index contributed by atoms with van der Waals surface area (Å²) in [7, 11) is 0. The molecule has 20 heavy (non-hydrogen) atoms. The Kier molecular flexibility index (Phi) is 4.57. The number of ketones is 1. The average Bonchev–Trinajstić information content (AvgIpc) is 2.45. The standard InChI is InChI=1S/C14H17NO5/c1-10(16)12-3-2-11(8-13(12)17)20-9-14(18)15-4-6-19-7-5-15/h2-3,8,17H,4-7,9H2,1H3. The van der Waals surface area contributed by atoms with E-state index in [0.717, 1.165) is 0 Å². The summed E-state index contributed by atoms with van der Waals surface area (Å²) in [5.74, 6) is -0.134. The third-order valence-corrected chi connectivity index (χ3v) is 3.07. The molecule has 0 spiro atoms. The molecule has 1 saturated heterocycles. The van der Waals surface area contributed by atoms with Gasteiger partial charge in [-0.05, 0) is 19.1 Å². The van der Waals surface area contributed by atoms with Crippen LogP contribution < -0.4 is 4.74 Å². The predicted octanol–water partition coefficient (Wildman–Crippen LogP) is 0.832. The van der Waals surface area contributed by atoms with E-state index in [1.165, 1.54) is 19.1 Å². The van der Waals surface area contributed by atoms with Gasteiger partial charge in [0.25, 0.3) is 5.91 Å². The van der Waals surface area contributed by atoms with Crippen LogP contribution in [0.25, 0.3) is 0 Å². The first kappa shape index (κ1) is 14.3. The molecule has 0 aliphatic carbocycles. The molecule has 1 fully saturated rings. The van der Waals surface area contributed by atoms with Crippen LogP contribution in [0.1, 0.15) is 17.3 Å². The molecule has 0 bridgehead atoms. The van der Waals surface area contributed by atoms with E-state index in [1.54, 1.807) is 11.0 Å². The minimum Gasteiger partial charge on any atom is -0.507 e. The molecule has 0 saturated carbocycles. The molecule has 0 atom stereocenters. The Balaban J connectivity index is 1.92. The van der Waals surface area contributed by atoms with E-state index in [4.69, 9.17) is 9.47 Å². The Labute approximate surface area is 116 Å². The zero-order valence-electron chi connectivity index (χ0n) is 11.3. The Morgan fingerprint density at radius 3 is 2.65 bits per heavy atom. The quantitative estimate of drug-likeness (QED) is 0.826. The molecule has 1 N–H and O–H groups in total. The predicted molar refractivity (Wildman–Crippen MR) is 71.0 cm³/mol. The zero-order chi connectivity index (χ0) is 14.5. The maximum Gasteiger partial charge on any atom is 0.260 e. The highest BCUT2D eigenvalue weighted by Gasteiger charge is 2.17. The third-order valence-electron chi connectivity index (χ3n) is 3.07. The van der Waals surface area contributed by atoms with Crippen LogP contribution in [0.5, 0.6) is 11.5 Å². The van der Waals surface area contributed by atoms with Crippen molar-refractivity contribution in [3.05, 3.63) is 23.8 Å². The van der Waals surface area contributed by atoms with Crippen molar-refractivity contribution in [3.8, 4) is 11.5 Å². The molecule has 1 aliphatic rings. The lowest BCUT2D eigenvalue weighted by molar-refractivity contribution is -0.137. The first-order chi connectivity index (χ1) is 9.58. The number of amides is 1. The summed E-state index contributed by atoms with van der Waals surface area (Å²) in [6.45, 7) is 3.49. The van der Waals surface area contributed by atoms with Crippen molar-refractivity contribution < 1.29 is 24.2 Å². The smallest absolute Gasteiger partial charge is 0.260 e. The van der Waals surface area contributed by atoms with Crippen LogP contribution >= 0.6 is 0 Å².